The fourth-order valence-corrected chi connectivity index (χ4v) is 4.38. The zero-order chi connectivity index (χ0) is 22.4. The number of halogens is 1. The number of hydrogen-bond donors (Lipinski definition) is 1. The molecule has 0 radical (unpaired) electrons. The van der Waals surface area contributed by atoms with Crippen molar-refractivity contribution in [3.05, 3.63) is 77.7 Å². The van der Waals surface area contributed by atoms with Crippen molar-refractivity contribution in [2.75, 3.05) is 19.8 Å². The van der Waals surface area contributed by atoms with Gasteiger partial charge in [-0.2, -0.15) is 5.26 Å². The molecular weight excluding hydrogens is 405 g/mol. The first-order chi connectivity index (χ1) is 15.6. The Hall–Kier alpha value is -3.43. The molecule has 1 fully saturated rings. The molecule has 1 N–H and O–H groups in total. The van der Waals surface area contributed by atoms with E-state index < -0.39 is 0 Å². The number of aryl methyl sites for hydroxylation is 1. The maximum Gasteiger partial charge on any atom is 0.244 e. The molecule has 0 aliphatic carbocycles. The van der Waals surface area contributed by atoms with Crippen LogP contribution in [0.5, 0.6) is 0 Å². The van der Waals surface area contributed by atoms with Crippen LogP contribution in [0.1, 0.15) is 30.4 Å². The van der Waals surface area contributed by atoms with Gasteiger partial charge in [0.15, 0.2) is 0 Å². The Balaban J connectivity index is 1.48. The summed E-state index contributed by atoms with van der Waals surface area (Å²) in [4.78, 5) is 12.7. The molecule has 1 aromatic heterocycles. The molecule has 1 amide bonds. The zero-order valence-electron chi connectivity index (χ0n) is 17.9. The van der Waals surface area contributed by atoms with Crippen LogP contribution >= 0.6 is 0 Å². The summed E-state index contributed by atoms with van der Waals surface area (Å²) in [5, 5.41) is 13.0. The standard InChI is InChI=1S/C26H26FN3O2/c27-22-9-7-21(8-10-22)26(12-16-32-17-13-26)19-29-25(31)11-6-20-18-30(15-3-14-28)24-5-2-1-4-23(20)24/h1-2,4-11,18H,3,12-13,15-17,19H2,(H,29,31)/b11-6+. The van der Waals surface area contributed by atoms with Crippen molar-refractivity contribution < 1.29 is 13.9 Å². The lowest BCUT2D eigenvalue weighted by Gasteiger charge is -2.37. The van der Waals surface area contributed by atoms with E-state index in [9.17, 15) is 9.18 Å². The van der Waals surface area contributed by atoms with Crippen LogP contribution in [0.4, 0.5) is 4.39 Å². The van der Waals surface area contributed by atoms with Gasteiger partial charge in [0.25, 0.3) is 0 Å². The van der Waals surface area contributed by atoms with Crippen LogP contribution in [0.15, 0.2) is 60.8 Å². The molecule has 0 saturated carbocycles. The Morgan fingerprint density at radius 3 is 2.69 bits per heavy atom. The summed E-state index contributed by atoms with van der Waals surface area (Å²) in [6.07, 6.45) is 7.31. The highest BCUT2D eigenvalue weighted by Gasteiger charge is 2.34. The van der Waals surface area contributed by atoms with Gasteiger partial charge in [0.05, 0.1) is 12.5 Å². The molecule has 164 valence electrons. The molecule has 0 atom stereocenters. The van der Waals surface area contributed by atoms with Gasteiger partial charge in [0.2, 0.25) is 5.91 Å². The van der Waals surface area contributed by atoms with E-state index in [0.717, 1.165) is 34.9 Å². The second kappa shape index (κ2) is 9.80. The number of carbonyl (C=O) groups excluding carboxylic acids is 1. The highest BCUT2D eigenvalue weighted by molar-refractivity contribution is 5.96. The molecule has 2 heterocycles. The van der Waals surface area contributed by atoms with E-state index in [2.05, 4.69) is 11.4 Å². The molecule has 0 unspecified atom stereocenters. The number of carbonyl (C=O) groups is 1. The first-order valence-corrected chi connectivity index (χ1v) is 10.9. The lowest BCUT2D eigenvalue weighted by atomic mass is 9.74. The van der Waals surface area contributed by atoms with E-state index >= 15 is 0 Å². The third-order valence-corrected chi connectivity index (χ3v) is 6.21. The summed E-state index contributed by atoms with van der Waals surface area (Å²) in [5.74, 6) is -0.441. The highest BCUT2D eigenvalue weighted by Crippen LogP contribution is 2.34. The quantitative estimate of drug-likeness (QED) is 0.557. The Kier molecular flexibility index (Phi) is 6.67. The van der Waals surface area contributed by atoms with Gasteiger partial charge in [-0.05, 0) is 42.7 Å². The summed E-state index contributed by atoms with van der Waals surface area (Å²) in [6, 6.07) is 16.7. The largest absolute Gasteiger partial charge is 0.381 e. The van der Waals surface area contributed by atoms with E-state index in [1.54, 1.807) is 18.2 Å². The van der Waals surface area contributed by atoms with Crippen molar-refractivity contribution in [2.24, 2.45) is 0 Å². The number of ether oxygens (including phenoxy) is 1. The molecule has 1 aliphatic rings. The smallest absolute Gasteiger partial charge is 0.244 e. The first-order valence-electron chi connectivity index (χ1n) is 10.9. The lowest BCUT2D eigenvalue weighted by molar-refractivity contribution is -0.116. The first kappa shape index (κ1) is 21.8. The molecule has 32 heavy (non-hydrogen) atoms. The van der Waals surface area contributed by atoms with Crippen LogP contribution in [0.2, 0.25) is 0 Å². The minimum absolute atomic E-state index is 0.174. The third kappa shape index (κ3) is 4.74. The number of para-hydroxylation sites is 1. The molecule has 6 heteroatoms. The Bertz CT molecular complexity index is 1150. The maximum atomic E-state index is 13.4. The average molecular weight is 432 g/mol. The number of nitriles is 1. The summed E-state index contributed by atoms with van der Waals surface area (Å²) < 4.78 is 21.0. The van der Waals surface area contributed by atoms with Crippen molar-refractivity contribution in [3.63, 3.8) is 0 Å². The summed E-state index contributed by atoms with van der Waals surface area (Å²) in [6.45, 7) is 2.31. The third-order valence-electron chi connectivity index (χ3n) is 6.21. The minimum atomic E-state index is -0.267. The Morgan fingerprint density at radius 2 is 1.94 bits per heavy atom. The summed E-state index contributed by atoms with van der Waals surface area (Å²) in [7, 11) is 0. The number of rotatable bonds is 7. The van der Waals surface area contributed by atoms with E-state index in [-0.39, 0.29) is 17.1 Å². The molecule has 4 rings (SSSR count). The molecule has 1 aliphatic heterocycles. The average Bonchev–Trinajstić information content (AvgIpc) is 3.19. The van der Waals surface area contributed by atoms with Crippen LogP contribution < -0.4 is 5.32 Å². The number of fused-ring (bicyclic) bond motifs is 1. The normalized spacial score (nSPS) is 15.6. The van der Waals surface area contributed by atoms with Crippen LogP contribution in [-0.2, 0) is 21.5 Å². The highest BCUT2D eigenvalue weighted by atomic mass is 19.1. The maximum absolute atomic E-state index is 13.4. The monoisotopic (exact) mass is 431 g/mol. The fourth-order valence-electron chi connectivity index (χ4n) is 4.38. The molecule has 5 nitrogen and oxygen atoms in total. The van der Waals surface area contributed by atoms with Crippen LogP contribution in [0, 0.1) is 17.1 Å². The van der Waals surface area contributed by atoms with Crippen LogP contribution in [0.25, 0.3) is 17.0 Å². The van der Waals surface area contributed by atoms with E-state index in [0.29, 0.717) is 32.7 Å². The van der Waals surface area contributed by atoms with Gasteiger partial charge in [-0.25, -0.2) is 4.39 Å². The minimum Gasteiger partial charge on any atom is -0.381 e. The number of nitrogens with one attached hydrogen (secondary N) is 1. The van der Waals surface area contributed by atoms with Crippen LogP contribution in [-0.4, -0.2) is 30.2 Å². The van der Waals surface area contributed by atoms with E-state index in [4.69, 9.17) is 10.00 Å². The second-order valence-electron chi connectivity index (χ2n) is 8.15. The molecule has 3 aromatic rings. The Labute approximate surface area is 187 Å². The fraction of sp³-hybridized carbons (Fsp3) is 0.308. The molecule has 1 saturated heterocycles. The zero-order valence-corrected chi connectivity index (χ0v) is 17.9. The lowest BCUT2D eigenvalue weighted by Crippen LogP contribution is -2.44. The van der Waals surface area contributed by atoms with Crippen molar-refractivity contribution in [1.29, 1.82) is 5.26 Å². The predicted molar refractivity (Wildman–Crippen MR) is 122 cm³/mol. The van der Waals surface area contributed by atoms with E-state index in [1.165, 1.54) is 12.1 Å². The second-order valence-corrected chi connectivity index (χ2v) is 8.15. The predicted octanol–water partition coefficient (Wildman–Crippen LogP) is 4.57. The van der Waals surface area contributed by atoms with Crippen molar-refractivity contribution in [3.8, 4) is 6.07 Å². The summed E-state index contributed by atoms with van der Waals surface area (Å²) >= 11 is 0. The number of nitrogens with zero attached hydrogens (tertiary/aromatic N) is 2. The number of hydrogen-bond acceptors (Lipinski definition) is 3. The summed E-state index contributed by atoms with van der Waals surface area (Å²) in [5.41, 5.74) is 2.74. The van der Waals surface area contributed by atoms with Crippen LogP contribution in [0.3, 0.4) is 0 Å². The van der Waals surface area contributed by atoms with Gasteiger partial charge in [0, 0.05) is 60.5 Å². The SMILES string of the molecule is N#CCCn1cc(/C=C/C(=O)NCC2(c3ccc(F)cc3)CCOCC2)c2ccccc21. The van der Waals surface area contributed by atoms with Gasteiger partial charge >= 0.3 is 0 Å². The van der Waals surface area contributed by atoms with Crippen molar-refractivity contribution in [2.45, 2.75) is 31.2 Å². The van der Waals surface area contributed by atoms with Gasteiger partial charge in [-0.15, -0.1) is 0 Å². The molecule has 0 bridgehead atoms. The molecule has 0 spiro atoms. The van der Waals surface area contributed by atoms with Gasteiger partial charge in [-0.3, -0.25) is 4.79 Å². The number of amides is 1. The van der Waals surface area contributed by atoms with Gasteiger partial charge < -0.3 is 14.6 Å². The van der Waals surface area contributed by atoms with Crippen molar-refractivity contribution >= 4 is 22.9 Å². The van der Waals surface area contributed by atoms with Gasteiger partial charge in [0.1, 0.15) is 5.82 Å². The number of benzene rings is 2. The topological polar surface area (TPSA) is 67.0 Å². The van der Waals surface area contributed by atoms with Crippen molar-refractivity contribution in [1.82, 2.24) is 9.88 Å². The van der Waals surface area contributed by atoms with Gasteiger partial charge in [-0.1, -0.05) is 30.3 Å². The Morgan fingerprint density at radius 1 is 1.19 bits per heavy atom. The van der Waals surface area contributed by atoms with E-state index in [1.807, 2.05) is 41.1 Å². The molecule has 2 aromatic carbocycles. The molecular formula is C26H26FN3O2. The number of aromatic nitrogens is 1.